The summed E-state index contributed by atoms with van der Waals surface area (Å²) in [5, 5.41) is 60.1. The van der Waals surface area contributed by atoms with Gasteiger partial charge in [-0.2, -0.15) is 0 Å². The smallest absolute Gasteiger partial charge is 0.316 e. The van der Waals surface area contributed by atoms with Gasteiger partial charge in [0.2, 0.25) is 0 Å². The molecule has 4 aliphatic rings. The highest BCUT2D eigenvalue weighted by molar-refractivity contribution is 6.00. The minimum Gasteiger partial charge on any atom is -0.459 e. The van der Waals surface area contributed by atoms with Crippen molar-refractivity contribution in [3.05, 3.63) is 51.8 Å². The Hall–Kier alpha value is -3.95. The Kier molecular flexibility index (Phi) is 16.6. The number of nitrogens with zero attached hydrogens (tertiary/aromatic N) is 6. The van der Waals surface area contributed by atoms with Crippen molar-refractivity contribution in [2.75, 3.05) is 20.2 Å². The summed E-state index contributed by atoms with van der Waals surface area (Å²) < 4.78 is 27.3. The van der Waals surface area contributed by atoms with Crippen LogP contribution in [0.25, 0.3) is 0 Å². The lowest BCUT2D eigenvalue weighted by Gasteiger charge is -2.46. The van der Waals surface area contributed by atoms with Gasteiger partial charge in [-0.25, -0.2) is 0 Å². The summed E-state index contributed by atoms with van der Waals surface area (Å²) in [6, 6.07) is 6.13. The Labute approximate surface area is 381 Å². The van der Waals surface area contributed by atoms with Crippen molar-refractivity contribution in [2.24, 2.45) is 34.6 Å². The number of hydrogen-bond acceptors (Lipinski definition) is 17. The van der Waals surface area contributed by atoms with Gasteiger partial charge in [0.15, 0.2) is 12.1 Å². The molecule has 19 heteroatoms. The molecule has 1 aliphatic carbocycles. The Morgan fingerprint density at radius 1 is 1.06 bits per heavy atom. The zero-order chi connectivity index (χ0) is 47.4. The predicted octanol–water partition coefficient (Wildman–Crippen LogP) is 3.52. The second-order valence-corrected chi connectivity index (χ2v) is 19.4. The molecule has 13 atom stereocenters. The van der Waals surface area contributed by atoms with E-state index in [0.29, 0.717) is 38.1 Å². The molecule has 362 valence electrons. The fraction of sp³-hybridized carbons (Fsp3) is 0.761. The average Bonchev–Trinajstić information content (AvgIpc) is 3.92. The highest BCUT2D eigenvalue weighted by Crippen LogP contribution is 2.43. The number of likely N-dealkylation sites (N-methyl/N-ethyl adjacent to an activating group) is 1. The van der Waals surface area contributed by atoms with Crippen LogP contribution in [0.4, 0.5) is 5.69 Å². The first kappa shape index (κ1) is 50.5. The number of fused-ring (bicyclic) bond motifs is 2. The molecular weight excluding hydrogens is 843 g/mol. The number of aliphatic hydroxyl groups is 3. The van der Waals surface area contributed by atoms with Crippen LogP contribution >= 0.6 is 0 Å². The lowest BCUT2D eigenvalue weighted by atomic mass is 9.75. The summed E-state index contributed by atoms with van der Waals surface area (Å²) in [4.78, 5) is 46.9. The Morgan fingerprint density at radius 3 is 2.42 bits per heavy atom. The highest BCUT2D eigenvalue weighted by atomic mass is 16.7. The number of cyclic esters (lactones) is 1. The van der Waals surface area contributed by atoms with Crippen molar-refractivity contribution in [1.82, 2.24) is 19.9 Å². The molecular formula is C46H71N7O12. The molecule has 6 rings (SSSR count). The maximum atomic E-state index is 14.4. The summed E-state index contributed by atoms with van der Waals surface area (Å²) in [7, 11) is 1.91. The maximum Gasteiger partial charge on any atom is 0.316 e. The van der Waals surface area contributed by atoms with Crippen molar-refractivity contribution in [3.8, 4) is 0 Å². The Morgan fingerprint density at radius 2 is 1.75 bits per heavy atom. The number of ether oxygens (including phenoxy) is 4. The lowest BCUT2D eigenvalue weighted by molar-refractivity contribution is -0.384. The number of hydrogen-bond donors (Lipinski definition) is 4. The van der Waals surface area contributed by atoms with Crippen LogP contribution in [0.2, 0.25) is 0 Å². The number of rotatable bonds is 13. The fourth-order valence-corrected chi connectivity index (χ4v) is 10.1. The summed E-state index contributed by atoms with van der Waals surface area (Å²) in [6.07, 6.45) is 0.524. The molecule has 65 heavy (non-hydrogen) atoms. The number of ketones is 1. The predicted molar refractivity (Wildman–Crippen MR) is 237 cm³/mol. The number of non-ortho nitro benzene ring substituents is 1. The van der Waals surface area contributed by atoms with E-state index in [0.717, 1.165) is 36.9 Å². The summed E-state index contributed by atoms with van der Waals surface area (Å²) >= 11 is 0. The maximum absolute atomic E-state index is 14.4. The van der Waals surface area contributed by atoms with Crippen molar-refractivity contribution < 1.29 is 53.6 Å². The van der Waals surface area contributed by atoms with Crippen LogP contribution in [0.3, 0.4) is 0 Å². The van der Waals surface area contributed by atoms with Crippen LogP contribution in [0.5, 0.6) is 0 Å². The van der Waals surface area contributed by atoms with Crippen LogP contribution in [0, 0.1) is 33.8 Å². The number of aryl methyl sites for hydroxylation is 2. The van der Waals surface area contributed by atoms with Crippen LogP contribution < -0.4 is 5.73 Å². The molecule has 0 amide bonds. The van der Waals surface area contributed by atoms with Gasteiger partial charge in [0, 0.05) is 67.7 Å². The molecule has 0 unspecified atom stereocenters. The molecule has 4 heterocycles. The van der Waals surface area contributed by atoms with Gasteiger partial charge in [0.1, 0.15) is 29.8 Å². The van der Waals surface area contributed by atoms with Gasteiger partial charge in [-0.15, -0.1) is 5.10 Å². The monoisotopic (exact) mass is 914 g/mol. The highest BCUT2D eigenvalue weighted by Gasteiger charge is 2.55. The third kappa shape index (κ3) is 11.8. The molecule has 5 N–H and O–H groups in total. The molecule has 3 saturated heterocycles. The van der Waals surface area contributed by atoms with Crippen LogP contribution in [0.15, 0.2) is 35.6 Å². The molecule has 1 aromatic heterocycles. The van der Waals surface area contributed by atoms with E-state index in [4.69, 9.17) is 34.7 Å². The van der Waals surface area contributed by atoms with Crippen LogP contribution in [-0.4, -0.2) is 144 Å². The quantitative estimate of drug-likeness (QED) is 0.0971. The summed E-state index contributed by atoms with van der Waals surface area (Å²) in [6.45, 7) is 13.0. The lowest BCUT2D eigenvalue weighted by Crippen LogP contribution is -2.59. The van der Waals surface area contributed by atoms with Gasteiger partial charge in [0.05, 0.1) is 46.8 Å². The van der Waals surface area contributed by atoms with E-state index < -0.39 is 88.3 Å². The summed E-state index contributed by atoms with van der Waals surface area (Å²) in [5.74, 6) is -4.74. The largest absolute Gasteiger partial charge is 0.459 e. The standard InChI is InChI=1S/C46H71N7O12/c1-9-37-46(7,58)41(56)27(3)38(49-65-35-16-12-32(47)13-17-35)31-23-45(6,61-25-31)42(28(4)39(54)29(5)43(57)63-37)64-44-40(55)36(22-26(2)62-44)51(8)20-19-33-24-52(50-48-33)21-18-30-10-14-34(15-11-30)53(59)60/h10-11,14-15,24,26-29,31-32,35-37,40-42,44,55-56,58H,9,12-13,16-23,25,47H2,1-8H3/b49-38-/t26-,27+,28+,29-,31+,32?,35?,36+,37-,40-,41-,42-,44+,45-,46-/m1/s1. The van der Waals surface area contributed by atoms with E-state index in [1.165, 1.54) is 26.0 Å². The van der Waals surface area contributed by atoms with E-state index in [1.54, 1.807) is 37.6 Å². The number of nitro groups is 1. The number of esters is 1. The fourth-order valence-electron chi connectivity index (χ4n) is 10.1. The molecule has 0 spiro atoms. The molecule has 19 nitrogen and oxygen atoms in total. The van der Waals surface area contributed by atoms with Gasteiger partial charge >= 0.3 is 5.97 Å². The number of carbonyl (C=O) groups excluding carboxylic acids is 2. The molecule has 1 saturated carbocycles. The second kappa shape index (κ2) is 21.3. The van der Waals surface area contributed by atoms with Crippen LogP contribution in [-0.2, 0) is 52.8 Å². The number of nitro benzene ring substituents is 1. The second-order valence-electron chi connectivity index (χ2n) is 19.4. The van der Waals surface area contributed by atoms with Gasteiger partial charge in [-0.05, 0) is 91.7 Å². The van der Waals surface area contributed by atoms with Gasteiger partial charge < -0.3 is 49.7 Å². The summed E-state index contributed by atoms with van der Waals surface area (Å²) in [5.41, 5.74) is 5.27. The number of oxime groups is 1. The third-order valence-corrected chi connectivity index (χ3v) is 14.4. The number of benzene rings is 1. The van der Waals surface area contributed by atoms with Crippen molar-refractivity contribution in [3.63, 3.8) is 0 Å². The normalized spacial score (nSPS) is 38.1. The van der Waals surface area contributed by atoms with Crippen molar-refractivity contribution in [2.45, 2.75) is 179 Å². The molecule has 0 radical (unpaired) electrons. The van der Waals surface area contributed by atoms with E-state index >= 15 is 0 Å². The molecule has 3 aliphatic heterocycles. The van der Waals surface area contributed by atoms with E-state index in [-0.39, 0.29) is 43.4 Å². The zero-order valence-corrected chi connectivity index (χ0v) is 39.2. The van der Waals surface area contributed by atoms with Gasteiger partial charge in [-0.1, -0.05) is 43.3 Å². The molecule has 4 fully saturated rings. The van der Waals surface area contributed by atoms with Gasteiger partial charge in [0.25, 0.3) is 5.69 Å². The number of carbonyl (C=O) groups is 2. The van der Waals surface area contributed by atoms with Crippen molar-refractivity contribution >= 4 is 23.2 Å². The number of aromatic nitrogens is 3. The zero-order valence-electron chi connectivity index (χ0n) is 39.2. The molecule has 1 aromatic carbocycles. The van der Waals surface area contributed by atoms with Gasteiger partial charge in [-0.3, -0.25) is 24.4 Å². The first-order valence-electron chi connectivity index (χ1n) is 23.3. The van der Waals surface area contributed by atoms with Crippen molar-refractivity contribution in [1.29, 1.82) is 0 Å². The average molecular weight is 914 g/mol. The van der Waals surface area contributed by atoms with Crippen LogP contribution in [0.1, 0.15) is 105 Å². The molecule has 2 bridgehead atoms. The first-order valence-corrected chi connectivity index (χ1v) is 23.3. The molecule has 2 aromatic rings. The minimum atomic E-state index is -1.92. The first-order chi connectivity index (χ1) is 30.7. The third-order valence-electron chi connectivity index (χ3n) is 14.4. The Balaban J connectivity index is 1.20. The minimum absolute atomic E-state index is 0.0406. The van der Waals surface area contributed by atoms with E-state index in [9.17, 15) is 35.0 Å². The number of aliphatic hydroxyl groups excluding tert-OH is 2. The number of nitrogens with two attached hydrogens (primary N) is 1. The number of Topliss-reactive ketones (excluding diaryl/α,β-unsaturated/α-hetero) is 1. The van der Waals surface area contributed by atoms with E-state index in [2.05, 4.69) is 10.3 Å². The topological polar surface area (TPSA) is 256 Å². The Bertz CT molecular complexity index is 1960. The van der Waals surface area contributed by atoms with E-state index in [1.807, 2.05) is 32.0 Å². The SMILES string of the molecule is CC[C@H]1OC(=O)[C@H](C)C(=O)[C@H](C)[C@@H](O[C@@H]2O[C@H](C)C[C@H](N(C)CCc3cn(CCc4ccc([N+](=O)[O-])cc4)nn3)[C@H]2O)[C@@]2(C)C[C@@H](CO2)/C(=N\OC2CCC(N)CC2)[C@H](C)[C@@H](O)[C@]1(C)O.